The maximum Gasteiger partial charge on any atom is 0.0622 e. The molecule has 1 aliphatic carbocycles. The Morgan fingerprint density at radius 1 is 1.21 bits per heavy atom. The number of likely N-dealkylation sites (N-methyl/N-ethyl adjacent to an activating group) is 1. The fourth-order valence-electron chi connectivity index (χ4n) is 3.58. The second-order valence-electron chi connectivity index (χ2n) is 6.42. The first-order chi connectivity index (χ1) is 9.31. The zero-order chi connectivity index (χ0) is 13.5. The number of nitrogens with zero attached hydrogens (tertiary/aromatic N) is 1. The molecule has 2 unspecified atom stereocenters. The normalized spacial score (nSPS) is 27.0. The summed E-state index contributed by atoms with van der Waals surface area (Å²) in [6.45, 7) is 6.50. The van der Waals surface area contributed by atoms with Gasteiger partial charge in [-0.3, -0.25) is 4.90 Å². The molecule has 2 aliphatic rings. The maximum absolute atomic E-state index is 5.52. The third kappa shape index (κ3) is 4.73. The molecule has 1 N–H and O–H groups in total. The standard InChI is InChI=1S/C16H32N2O/c1-3-10-17-16(14-7-5-4-6-8-14)12-18(2)15-9-11-19-13-15/h14-17H,3-13H2,1-2H3. The summed E-state index contributed by atoms with van der Waals surface area (Å²) in [5.74, 6) is 0.894. The van der Waals surface area contributed by atoms with Gasteiger partial charge in [0.15, 0.2) is 0 Å². The van der Waals surface area contributed by atoms with E-state index in [1.165, 1.54) is 51.5 Å². The van der Waals surface area contributed by atoms with Crippen LogP contribution in [0.3, 0.4) is 0 Å². The van der Waals surface area contributed by atoms with Gasteiger partial charge in [-0.15, -0.1) is 0 Å². The van der Waals surface area contributed by atoms with E-state index in [0.717, 1.165) is 25.7 Å². The smallest absolute Gasteiger partial charge is 0.0622 e. The number of rotatable bonds is 7. The van der Waals surface area contributed by atoms with Gasteiger partial charge in [-0.05, 0) is 45.2 Å². The zero-order valence-corrected chi connectivity index (χ0v) is 12.9. The minimum atomic E-state index is 0.648. The monoisotopic (exact) mass is 268 g/mol. The Bertz CT molecular complexity index is 235. The van der Waals surface area contributed by atoms with Crippen LogP contribution in [0.5, 0.6) is 0 Å². The Labute approximate surface area is 119 Å². The van der Waals surface area contributed by atoms with Crippen LogP contribution in [0.15, 0.2) is 0 Å². The molecule has 2 fully saturated rings. The highest BCUT2D eigenvalue weighted by Gasteiger charge is 2.27. The van der Waals surface area contributed by atoms with Crippen molar-refractivity contribution in [1.29, 1.82) is 0 Å². The molecule has 0 spiro atoms. The number of ether oxygens (including phenoxy) is 1. The molecular weight excluding hydrogens is 236 g/mol. The summed E-state index contributed by atoms with van der Waals surface area (Å²) in [5.41, 5.74) is 0. The van der Waals surface area contributed by atoms with Crippen molar-refractivity contribution < 1.29 is 4.74 Å². The van der Waals surface area contributed by atoms with Crippen molar-refractivity contribution in [3.8, 4) is 0 Å². The fraction of sp³-hybridized carbons (Fsp3) is 1.00. The van der Waals surface area contributed by atoms with E-state index < -0.39 is 0 Å². The summed E-state index contributed by atoms with van der Waals surface area (Å²) >= 11 is 0. The molecule has 1 saturated heterocycles. The molecule has 0 aromatic heterocycles. The lowest BCUT2D eigenvalue weighted by Crippen LogP contribution is -2.48. The van der Waals surface area contributed by atoms with Gasteiger partial charge in [0, 0.05) is 25.2 Å². The van der Waals surface area contributed by atoms with Crippen LogP contribution in [-0.4, -0.2) is 50.3 Å². The number of hydrogen-bond donors (Lipinski definition) is 1. The van der Waals surface area contributed by atoms with Crippen LogP contribution in [0.1, 0.15) is 51.9 Å². The van der Waals surface area contributed by atoms with Crippen molar-refractivity contribution in [1.82, 2.24) is 10.2 Å². The molecule has 19 heavy (non-hydrogen) atoms. The largest absolute Gasteiger partial charge is 0.380 e. The molecule has 0 aromatic rings. The predicted octanol–water partition coefficient (Wildman–Crippen LogP) is 2.66. The Morgan fingerprint density at radius 3 is 2.63 bits per heavy atom. The Kier molecular flexibility index (Phi) is 6.62. The summed E-state index contributed by atoms with van der Waals surface area (Å²) in [4.78, 5) is 2.54. The van der Waals surface area contributed by atoms with Gasteiger partial charge in [0.25, 0.3) is 0 Å². The Hall–Kier alpha value is -0.120. The van der Waals surface area contributed by atoms with E-state index in [9.17, 15) is 0 Å². The second-order valence-corrected chi connectivity index (χ2v) is 6.42. The van der Waals surface area contributed by atoms with Gasteiger partial charge in [-0.2, -0.15) is 0 Å². The van der Waals surface area contributed by atoms with Crippen LogP contribution in [0.2, 0.25) is 0 Å². The van der Waals surface area contributed by atoms with E-state index in [0.29, 0.717) is 12.1 Å². The van der Waals surface area contributed by atoms with Crippen molar-refractivity contribution in [2.24, 2.45) is 5.92 Å². The van der Waals surface area contributed by atoms with Crippen molar-refractivity contribution in [3.05, 3.63) is 0 Å². The summed E-state index contributed by atoms with van der Waals surface area (Å²) in [6, 6.07) is 1.33. The number of hydrogen-bond acceptors (Lipinski definition) is 3. The molecule has 1 heterocycles. The van der Waals surface area contributed by atoms with Gasteiger partial charge in [-0.1, -0.05) is 26.2 Å². The van der Waals surface area contributed by atoms with Gasteiger partial charge in [0.2, 0.25) is 0 Å². The van der Waals surface area contributed by atoms with E-state index in [1.54, 1.807) is 0 Å². The van der Waals surface area contributed by atoms with Crippen LogP contribution in [-0.2, 0) is 4.74 Å². The van der Waals surface area contributed by atoms with Crippen molar-refractivity contribution in [2.75, 3.05) is 33.4 Å². The first kappa shape index (κ1) is 15.3. The maximum atomic E-state index is 5.52. The highest BCUT2D eigenvalue weighted by atomic mass is 16.5. The predicted molar refractivity (Wildman–Crippen MR) is 80.5 cm³/mol. The van der Waals surface area contributed by atoms with Gasteiger partial charge < -0.3 is 10.1 Å². The molecule has 112 valence electrons. The van der Waals surface area contributed by atoms with Crippen LogP contribution in [0, 0.1) is 5.92 Å². The first-order valence-corrected chi connectivity index (χ1v) is 8.32. The highest BCUT2D eigenvalue weighted by molar-refractivity contribution is 4.84. The lowest BCUT2D eigenvalue weighted by atomic mass is 9.83. The molecule has 2 atom stereocenters. The quantitative estimate of drug-likeness (QED) is 0.768. The van der Waals surface area contributed by atoms with Crippen LogP contribution < -0.4 is 5.32 Å². The van der Waals surface area contributed by atoms with E-state index in [-0.39, 0.29) is 0 Å². The molecule has 1 saturated carbocycles. The molecule has 1 aliphatic heterocycles. The second kappa shape index (κ2) is 8.23. The Balaban J connectivity index is 1.84. The molecule has 0 radical (unpaired) electrons. The van der Waals surface area contributed by atoms with Crippen molar-refractivity contribution in [3.63, 3.8) is 0 Å². The van der Waals surface area contributed by atoms with Gasteiger partial charge in [0.05, 0.1) is 6.61 Å². The van der Waals surface area contributed by atoms with Gasteiger partial charge in [-0.25, -0.2) is 0 Å². The van der Waals surface area contributed by atoms with Gasteiger partial charge in [0.1, 0.15) is 0 Å². The minimum Gasteiger partial charge on any atom is -0.380 e. The third-order valence-corrected chi connectivity index (χ3v) is 4.89. The average Bonchev–Trinajstić information content (AvgIpc) is 2.98. The van der Waals surface area contributed by atoms with E-state index in [2.05, 4.69) is 24.2 Å². The summed E-state index contributed by atoms with van der Waals surface area (Å²) in [5, 5.41) is 3.81. The van der Waals surface area contributed by atoms with Crippen LogP contribution >= 0.6 is 0 Å². The van der Waals surface area contributed by atoms with Crippen molar-refractivity contribution in [2.45, 2.75) is 64.0 Å². The van der Waals surface area contributed by atoms with Crippen molar-refractivity contribution >= 4 is 0 Å². The third-order valence-electron chi connectivity index (χ3n) is 4.89. The topological polar surface area (TPSA) is 24.5 Å². The Morgan fingerprint density at radius 2 is 2.00 bits per heavy atom. The minimum absolute atomic E-state index is 0.648. The average molecular weight is 268 g/mol. The molecular formula is C16H32N2O. The molecule has 0 aromatic carbocycles. The van der Waals surface area contributed by atoms with E-state index in [4.69, 9.17) is 4.74 Å². The van der Waals surface area contributed by atoms with E-state index in [1.807, 2.05) is 0 Å². The lowest BCUT2D eigenvalue weighted by molar-refractivity contribution is 0.138. The zero-order valence-electron chi connectivity index (χ0n) is 12.9. The molecule has 0 bridgehead atoms. The highest BCUT2D eigenvalue weighted by Crippen LogP contribution is 2.27. The summed E-state index contributed by atoms with van der Waals surface area (Å²) < 4.78 is 5.52. The SMILES string of the molecule is CCCNC(CN(C)C1CCOC1)C1CCCCC1. The van der Waals surface area contributed by atoms with Crippen LogP contribution in [0.4, 0.5) is 0 Å². The van der Waals surface area contributed by atoms with E-state index >= 15 is 0 Å². The summed E-state index contributed by atoms with van der Waals surface area (Å²) in [6.07, 6.45) is 9.62. The molecule has 3 heteroatoms. The molecule has 0 amide bonds. The molecule has 2 rings (SSSR count). The number of nitrogens with one attached hydrogen (secondary N) is 1. The fourth-order valence-corrected chi connectivity index (χ4v) is 3.58. The first-order valence-electron chi connectivity index (χ1n) is 8.32. The van der Waals surface area contributed by atoms with Crippen LogP contribution in [0.25, 0.3) is 0 Å². The lowest BCUT2D eigenvalue weighted by Gasteiger charge is -2.35. The summed E-state index contributed by atoms with van der Waals surface area (Å²) in [7, 11) is 2.28. The molecule has 3 nitrogen and oxygen atoms in total. The van der Waals surface area contributed by atoms with Gasteiger partial charge >= 0.3 is 0 Å².